The van der Waals surface area contributed by atoms with Gasteiger partial charge in [-0.15, -0.1) is 0 Å². The highest BCUT2D eigenvalue weighted by atomic mass is 32.3. The van der Waals surface area contributed by atoms with Crippen molar-refractivity contribution in [2.24, 2.45) is 17.8 Å². The molecule has 0 heterocycles. The van der Waals surface area contributed by atoms with E-state index in [0.717, 1.165) is 0 Å². The molecule has 4 rings (SSSR count). The van der Waals surface area contributed by atoms with Crippen LogP contribution in [0.5, 0.6) is 0 Å². The third-order valence-electron chi connectivity index (χ3n) is 5.35. The zero-order chi connectivity index (χ0) is 21.3. The lowest BCUT2D eigenvalue weighted by molar-refractivity contribution is -0.201. The SMILES string of the molecule is O=C1C2CC3CC1CC(OC(=O)C(F)(F)S(=O)(=O)NS(=O)(=O)C(F)(F)F)(C3)C2. The number of carbonyl (C=O) groups excluding carboxylic acids is 2. The minimum Gasteiger partial charge on any atom is -0.454 e. The molecule has 28 heavy (non-hydrogen) atoms. The van der Waals surface area contributed by atoms with E-state index in [1.807, 2.05) is 0 Å². The lowest BCUT2D eigenvalue weighted by atomic mass is 9.53. The van der Waals surface area contributed by atoms with Crippen LogP contribution in [0.4, 0.5) is 22.0 Å². The number of alkyl halides is 5. The normalized spacial score (nSPS) is 33.2. The number of nitrogens with one attached hydrogen (secondary N) is 1. The Hall–Kier alpha value is -1.35. The minimum absolute atomic E-state index is 0.0834. The molecule has 0 aliphatic heterocycles. The fourth-order valence-corrected chi connectivity index (χ4v) is 6.62. The van der Waals surface area contributed by atoms with Gasteiger partial charge in [0, 0.05) is 11.8 Å². The largest absolute Gasteiger partial charge is 0.512 e. The van der Waals surface area contributed by atoms with E-state index in [4.69, 9.17) is 4.74 Å². The topological polar surface area (TPSA) is 124 Å². The summed E-state index contributed by atoms with van der Waals surface area (Å²) in [6.07, 6.45) is 0.927. The molecule has 0 aromatic carbocycles. The maximum Gasteiger partial charge on any atom is 0.512 e. The molecule has 4 aliphatic rings. The highest BCUT2D eigenvalue weighted by molar-refractivity contribution is 8.05. The number of Topliss-reactive ketones (excluding diaryl/α,β-unsaturated/α-hetero) is 1. The maximum atomic E-state index is 14.1. The molecule has 1 N–H and O–H groups in total. The average molecular weight is 455 g/mol. The van der Waals surface area contributed by atoms with Crippen molar-refractivity contribution in [1.82, 2.24) is 4.13 Å². The maximum absolute atomic E-state index is 14.1. The third-order valence-corrected chi connectivity index (χ3v) is 8.55. The molecule has 8 nitrogen and oxygen atoms in total. The molecule has 160 valence electrons. The summed E-state index contributed by atoms with van der Waals surface area (Å²) in [7, 11) is -13.3. The van der Waals surface area contributed by atoms with E-state index < -0.39 is 54.2 Å². The Bertz CT molecular complexity index is 909. The van der Waals surface area contributed by atoms with Crippen molar-refractivity contribution < 1.29 is 53.1 Å². The van der Waals surface area contributed by atoms with Crippen LogP contribution in [-0.4, -0.2) is 45.0 Å². The van der Waals surface area contributed by atoms with Crippen LogP contribution in [0.1, 0.15) is 32.1 Å². The fraction of sp³-hybridized carbons (Fsp3) is 0.846. The van der Waals surface area contributed by atoms with Crippen molar-refractivity contribution in [3.63, 3.8) is 0 Å². The Labute approximate surface area is 155 Å². The smallest absolute Gasteiger partial charge is 0.454 e. The number of hydrogen-bond acceptors (Lipinski definition) is 7. The van der Waals surface area contributed by atoms with Crippen molar-refractivity contribution in [2.75, 3.05) is 0 Å². The number of esters is 1. The summed E-state index contributed by atoms with van der Waals surface area (Å²) < 4.78 is 114. The monoisotopic (exact) mass is 455 g/mol. The standard InChI is InChI=1S/C13H14F5NO7S2/c14-12(15,27(22,23)19-28(24,25)13(16,17)18)10(21)26-11-3-6-1-7(4-11)9(20)8(2-6)5-11/h6-8,19H,1-5H2. The van der Waals surface area contributed by atoms with Gasteiger partial charge in [-0.3, -0.25) is 4.79 Å². The summed E-state index contributed by atoms with van der Waals surface area (Å²) in [6, 6.07) is 0. The molecule has 4 bridgehead atoms. The molecule has 2 unspecified atom stereocenters. The Kier molecular flexibility index (Phi) is 4.63. The first kappa shape index (κ1) is 21.4. The van der Waals surface area contributed by atoms with Gasteiger partial charge in [0.05, 0.1) is 0 Å². The van der Waals surface area contributed by atoms with E-state index in [-0.39, 0.29) is 35.1 Å². The highest BCUT2D eigenvalue weighted by Gasteiger charge is 2.63. The van der Waals surface area contributed by atoms with Gasteiger partial charge in [0.15, 0.2) is 0 Å². The molecule has 4 fully saturated rings. The first-order chi connectivity index (χ1) is 12.5. The van der Waals surface area contributed by atoms with Crippen molar-refractivity contribution in [2.45, 2.75) is 48.5 Å². The van der Waals surface area contributed by atoms with Crippen molar-refractivity contribution in [1.29, 1.82) is 0 Å². The summed E-state index contributed by atoms with van der Waals surface area (Å²) in [6.45, 7) is 0. The van der Waals surface area contributed by atoms with Crippen LogP contribution in [0.15, 0.2) is 0 Å². The van der Waals surface area contributed by atoms with Crippen molar-refractivity contribution >= 4 is 31.8 Å². The molecular formula is C13H14F5NO7S2. The summed E-state index contributed by atoms with van der Waals surface area (Å²) in [5, 5.41) is -5.60. The molecular weight excluding hydrogens is 441 g/mol. The van der Waals surface area contributed by atoms with Crippen LogP contribution in [0.3, 0.4) is 0 Å². The van der Waals surface area contributed by atoms with Crippen LogP contribution in [-0.2, 0) is 34.4 Å². The second-order valence-corrected chi connectivity index (χ2v) is 11.0. The summed E-state index contributed by atoms with van der Waals surface area (Å²) in [5.74, 6) is -3.90. The fourth-order valence-electron chi connectivity index (χ4n) is 4.41. The number of sulfonamides is 2. The van der Waals surface area contributed by atoms with Gasteiger partial charge < -0.3 is 4.74 Å². The Morgan fingerprint density at radius 1 is 0.964 bits per heavy atom. The zero-order valence-electron chi connectivity index (χ0n) is 13.8. The van der Waals surface area contributed by atoms with Gasteiger partial charge in [-0.25, -0.2) is 21.6 Å². The van der Waals surface area contributed by atoms with Gasteiger partial charge >= 0.3 is 36.8 Å². The molecule has 0 saturated heterocycles. The van der Waals surface area contributed by atoms with Gasteiger partial charge in [0.1, 0.15) is 11.4 Å². The molecule has 0 aromatic heterocycles. The van der Waals surface area contributed by atoms with Crippen LogP contribution >= 0.6 is 0 Å². The predicted octanol–water partition coefficient (Wildman–Crippen LogP) is 1.04. The first-order valence-corrected chi connectivity index (χ1v) is 11.0. The number of hydrogen-bond donors (Lipinski definition) is 1. The molecule has 0 radical (unpaired) electrons. The number of carbonyl (C=O) groups is 2. The third kappa shape index (κ3) is 3.30. The number of ketones is 1. The van der Waals surface area contributed by atoms with E-state index in [0.29, 0.717) is 12.8 Å². The molecule has 2 atom stereocenters. The van der Waals surface area contributed by atoms with Gasteiger partial charge in [0.2, 0.25) is 0 Å². The highest BCUT2D eigenvalue weighted by Crippen LogP contribution is 2.56. The lowest BCUT2D eigenvalue weighted by Gasteiger charge is -2.54. The number of rotatable bonds is 5. The van der Waals surface area contributed by atoms with Crippen LogP contribution in [0.25, 0.3) is 0 Å². The van der Waals surface area contributed by atoms with E-state index in [2.05, 4.69) is 0 Å². The average Bonchev–Trinajstić information content (AvgIpc) is 2.48. The van der Waals surface area contributed by atoms with E-state index in [1.54, 1.807) is 0 Å². The van der Waals surface area contributed by atoms with Gasteiger partial charge in [-0.1, -0.05) is 4.13 Å². The molecule has 0 amide bonds. The Morgan fingerprint density at radius 2 is 1.46 bits per heavy atom. The van der Waals surface area contributed by atoms with Crippen molar-refractivity contribution in [3.05, 3.63) is 0 Å². The first-order valence-electron chi connectivity index (χ1n) is 7.99. The van der Waals surface area contributed by atoms with E-state index in [9.17, 15) is 48.4 Å². The molecule has 4 aliphatic carbocycles. The lowest BCUT2D eigenvalue weighted by Crippen LogP contribution is -2.59. The Balaban J connectivity index is 1.81. The number of ether oxygens (including phenoxy) is 1. The zero-order valence-corrected chi connectivity index (χ0v) is 15.5. The van der Waals surface area contributed by atoms with Gasteiger partial charge in [0.25, 0.3) is 0 Å². The summed E-state index contributed by atoms with van der Waals surface area (Å²) in [5.41, 5.74) is -7.72. The van der Waals surface area contributed by atoms with Gasteiger partial charge in [-0.2, -0.15) is 22.0 Å². The van der Waals surface area contributed by atoms with Crippen LogP contribution < -0.4 is 4.13 Å². The molecule has 0 spiro atoms. The summed E-state index contributed by atoms with van der Waals surface area (Å²) >= 11 is 0. The predicted molar refractivity (Wildman–Crippen MR) is 79.4 cm³/mol. The number of halogens is 5. The Morgan fingerprint density at radius 3 is 1.93 bits per heavy atom. The second-order valence-electron chi connectivity index (χ2n) is 7.37. The second kappa shape index (κ2) is 6.08. The molecule has 0 aromatic rings. The van der Waals surface area contributed by atoms with Crippen LogP contribution in [0, 0.1) is 17.8 Å². The van der Waals surface area contributed by atoms with E-state index in [1.165, 1.54) is 0 Å². The van der Waals surface area contributed by atoms with E-state index >= 15 is 0 Å². The van der Waals surface area contributed by atoms with Gasteiger partial charge in [-0.05, 0) is 38.0 Å². The quantitative estimate of drug-likeness (QED) is 0.485. The molecule has 15 heteroatoms. The summed E-state index contributed by atoms with van der Waals surface area (Å²) in [4.78, 5) is 23.9. The molecule has 4 saturated carbocycles. The minimum atomic E-state index is -6.70. The van der Waals surface area contributed by atoms with Crippen LogP contribution in [0.2, 0.25) is 0 Å². The van der Waals surface area contributed by atoms with Crippen molar-refractivity contribution in [3.8, 4) is 0 Å².